The molecule has 2 atom stereocenters. The van der Waals surface area contributed by atoms with Crippen molar-refractivity contribution in [3.63, 3.8) is 0 Å². The molecule has 42 heavy (non-hydrogen) atoms. The van der Waals surface area contributed by atoms with E-state index in [2.05, 4.69) is 44.9 Å². The van der Waals surface area contributed by atoms with Crippen molar-refractivity contribution in [1.82, 2.24) is 0 Å². The first-order chi connectivity index (χ1) is 20.1. The molecular formula is C36H46N2O4. The first-order valence-corrected chi connectivity index (χ1v) is 14.9. The van der Waals surface area contributed by atoms with E-state index in [1.54, 1.807) is 49.6 Å². The van der Waals surface area contributed by atoms with Crippen molar-refractivity contribution in [1.29, 1.82) is 0 Å². The first-order valence-electron chi connectivity index (χ1n) is 14.9. The molecular weight excluding hydrogens is 524 g/mol. The van der Waals surface area contributed by atoms with Gasteiger partial charge in [-0.15, -0.1) is 6.58 Å². The number of amides is 2. The lowest BCUT2D eigenvalue weighted by Crippen LogP contribution is -2.31. The van der Waals surface area contributed by atoms with Crippen molar-refractivity contribution >= 4 is 23.2 Å². The van der Waals surface area contributed by atoms with E-state index in [1.165, 1.54) is 0 Å². The fraction of sp³-hybridized carbons (Fsp3) is 0.389. The van der Waals surface area contributed by atoms with Crippen LogP contribution in [0, 0.1) is 0 Å². The number of unbranched alkanes of at least 4 members (excludes halogenated alkanes) is 1. The zero-order valence-electron chi connectivity index (χ0n) is 26.0. The van der Waals surface area contributed by atoms with E-state index in [9.17, 15) is 9.59 Å². The molecule has 3 aromatic rings. The number of ether oxygens (including phenoxy) is 2. The third kappa shape index (κ3) is 8.56. The number of benzene rings is 3. The SMILES string of the molecule is C=C(C)CC(CC)(OC)c1cccc(C(=O)Nc2ccc(NC(=O)c3cccc(OC(C)(CC)CCCC)c3)cc2)c1. The maximum Gasteiger partial charge on any atom is 0.255 e. The molecule has 0 saturated carbocycles. The van der Waals surface area contributed by atoms with Crippen LogP contribution >= 0.6 is 0 Å². The lowest BCUT2D eigenvalue weighted by Gasteiger charge is -2.32. The minimum Gasteiger partial charge on any atom is -0.488 e. The maximum atomic E-state index is 13.1. The van der Waals surface area contributed by atoms with E-state index in [0.717, 1.165) is 43.2 Å². The molecule has 6 heteroatoms. The van der Waals surface area contributed by atoms with Crippen LogP contribution in [0.2, 0.25) is 0 Å². The predicted molar refractivity (Wildman–Crippen MR) is 172 cm³/mol. The first kappa shape index (κ1) is 32.6. The Morgan fingerprint density at radius 3 is 1.90 bits per heavy atom. The highest BCUT2D eigenvalue weighted by atomic mass is 16.5. The Labute approximate surface area is 251 Å². The Bertz CT molecular complexity index is 1360. The third-order valence-electron chi connectivity index (χ3n) is 7.87. The topological polar surface area (TPSA) is 76.7 Å². The highest BCUT2D eigenvalue weighted by Gasteiger charge is 2.30. The molecule has 0 spiro atoms. The number of carbonyl (C=O) groups is 2. The van der Waals surface area contributed by atoms with Crippen molar-refractivity contribution in [3.05, 3.63) is 102 Å². The van der Waals surface area contributed by atoms with Crippen LogP contribution < -0.4 is 15.4 Å². The molecule has 0 aliphatic heterocycles. The molecule has 0 fully saturated rings. The fourth-order valence-corrected chi connectivity index (χ4v) is 5.08. The lowest BCUT2D eigenvalue weighted by molar-refractivity contribution is -0.0180. The lowest BCUT2D eigenvalue weighted by atomic mass is 9.84. The normalized spacial score (nSPS) is 13.9. The average molecular weight is 571 g/mol. The van der Waals surface area contributed by atoms with E-state index < -0.39 is 5.60 Å². The van der Waals surface area contributed by atoms with Crippen LogP contribution in [0.15, 0.2) is 84.9 Å². The van der Waals surface area contributed by atoms with Gasteiger partial charge in [0.15, 0.2) is 0 Å². The van der Waals surface area contributed by atoms with Crippen LogP contribution in [-0.4, -0.2) is 24.5 Å². The van der Waals surface area contributed by atoms with Gasteiger partial charge in [-0.05, 0) is 99.7 Å². The predicted octanol–water partition coefficient (Wildman–Crippen LogP) is 9.15. The molecule has 0 aliphatic carbocycles. The van der Waals surface area contributed by atoms with Crippen LogP contribution in [0.4, 0.5) is 11.4 Å². The number of anilines is 2. The van der Waals surface area contributed by atoms with Crippen molar-refractivity contribution < 1.29 is 19.1 Å². The summed E-state index contributed by atoms with van der Waals surface area (Å²) in [7, 11) is 1.70. The molecule has 0 aliphatic rings. The highest BCUT2D eigenvalue weighted by molar-refractivity contribution is 6.06. The Kier molecular flexibility index (Phi) is 11.5. The van der Waals surface area contributed by atoms with Gasteiger partial charge in [-0.3, -0.25) is 9.59 Å². The van der Waals surface area contributed by atoms with Gasteiger partial charge in [0.05, 0.1) is 5.60 Å². The minimum atomic E-state index is -0.529. The molecule has 0 bridgehead atoms. The Morgan fingerprint density at radius 2 is 1.40 bits per heavy atom. The molecule has 6 nitrogen and oxygen atoms in total. The van der Waals surface area contributed by atoms with Gasteiger partial charge >= 0.3 is 0 Å². The van der Waals surface area contributed by atoms with Crippen molar-refractivity contribution in [2.24, 2.45) is 0 Å². The van der Waals surface area contributed by atoms with E-state index >= 15 is 0 Å². The second-order valence-corrected chi connectivity index (χ2v) is 11.3. The molecule has 3 rings (SSSR count). The molecule has 2 amide bonds. The molecule has 224 valence electrons. The third-order valence-corrected chi connectivity index (χ3v) is 7.87. The maximum absolute atomic E-state index is 13.1. The molecule has 3 aromatic carbocycles. The summed E-state index contributed by atoms with van der Waals surface area (Å²) >= 11 is 0. The van der Waals surface area contributed by atoms with Gasteiger partial charge in [-0.1, -0.05) is 51.0 Å². The largest absolute Gasteiger partial charge is 0.488 e. The van der Waals surface area contributed by atoms with Crippen LogP contribution in [0.1, 0.15) is 99.4 Å². The zero-order valence-corrected chi connectivity index (χ0v) is 26.0. The Hall–Kier alpha value is -3.90. The van der Waals surface area contributed by atoms with Gasteiger partial charge < -0.3 is 20.1 Å². The summed E-state index contributed by atoms with van der Waals surface area (Å²) in [5.74, 6) is 0.236. The second-order valence-electron chi connectivity index (χ2n) is 11.3. The summed E-state index contributed by atoms with van der Waals surface area (Å²) < 4.78 is 12.2. The monoisotopic (exact) mass is 570 g/mol. The van der Waals surface area contributed by atoms with Crippen molar-refractivity contribution in [2.75, 3.05) is 17.7 Å². The van der Waals surface area contributed by atoms with Gasteiger partial charge in [0.2, 0.25) is 0 Å². The van der Waals surface area contributed by atoms with Gasteiger partial charge in [-0.25, -0.2) is 0 Å². The molecule has 2 unspecified atom stereocenters. The molecule has 0 heterocycles. The summed E-state index contributed by atoms with van der Waals surface area (Å²) in [5, 5.41) is 5.88. The van der Waals surface area contributed by atoms with Gasteiger partial charge in [0.1, 0.15) is 11.4 Å². The minimum absolute atomic E-state index is 0.222. The van der Waals surface area contributed by atoms with Gasteiger partial charge in [0, 0.05) is 36.0 Å². The summed E-state index contributed by atoms with van der Waals surface area (Å²) in [6, 6.07) is 21.9. The molecule has 0 saturated heterocycles. The number of hydrogen-bond acceptors (Lipinski definition) is 4. The standard InChI is InChI=1S/C36H46N2O4/c1-8-11-22-35(6,9-2)42-32-17-13-15-28(24-32)34(40)38-31-20-18-30(19-21-31)37-33(39)27-14-12-16-29(23-27)36(10-3,41-7)25-26(4)5/h12-21,23-24H,4,8-11,22,25H2,1-3,5-7H3,(H,37,39)(H,38,40). The van der Waals surface area contributed by atoms with E-state index in [1.807, 2.05) is 37.3 Å². The van der Waals surface area contributed by atoms with E-state index in [-0.39, 0.29) is 17.4 Å². The van der Waals surface area contributed by atoms with Gasteiger partial charge in [-0.2, -0.15) is 0 Å². The van der Waals surface area contributed by atoms with Crippen LogP contribution in [0.25, 0.3) is 0 Å². The summed E-state index contributed by atoms with van der Waals surface area (Å²) in [6.45, 7) is 14.5. The summed E-state index contributed by atoms with van der Waals surface area (Å²) in [4.78, 5) is 26.1. The number of methoxy groups -OCH3 is 1. The summed E-state index contributed by atoms with van der Waals surface area (Å²) in [6.07, 6.45) is 5.48. The Morgan fingerprint density at radius 1 is 0.833 bits per heavy atom. The Balaban J connectivity index is 1.66. The number of rotatable bonds is 15. The molecule has 0 radical (unpaired) electrons. The highest BCUT2D eigenvalue weighted by Crippen LogP contribution is 2.35. The van der Waals surface area contributed by atoms with Crippen LogP contribution in [-0.2, 0) is 10.3 Å². The molecule has 2 N–H and O–H groups in total. The van der Waals surface area contributed by atoms with Crippen molar-refractivity contribution in [2.45, 2.75) is 84.3 Å². The van der Waals surface area contributed by atoms with Crippen molar-refractivity contribution in [3.8, 4) is 5.75 Å². The zero-order chi connectivity index (χ0) is 30.8. The summed E-state index contributed by atoms with van der Waals surface area (Å²) in [5.41, 5.74) is 3.47. The average Bonchev–Trinajstić information content (AvgIpc) is 3.00. The van der Waals surface area contributed by atoms with E-state index in [0.29, 0.717) is 34.7 Å². The van der Waals surface area contributed by atoms with Crippen LogP contribution in [0.3, 0.4) is 0 Å². The second kappa shape index (κ2) is 14.8. The number of carbonyl (C=O) groups excluding carboxylic acids is 2. The smallest absolute Gasteiger partial charge is 0.255 e. The quantitative estimate of drug-likeness (QED) is 0.179. The molecule has 0 aromatic heterocycles. The fourth-order valence-electron chi connectivity index (χ4n) is 5.08. The van der Waals surface area contributed by atoms with Crippen LogP contribution in [0.5, 0.6) is 5.75 Å². The number of hydrogen-bond donors (Lipinski definition) is 2. The van der Waals surface area contributed by atoms with Gasteiger partial charge in [0.25, 0.3) is 11.8 Å². The van der Waals surface area contributed by atoms with E-state index in [4.69, 9.17) is 9.47 Å². The number of nitrogens with one attached hydrogen (secondary N) is 2.